The van der Waals surface area contributed by atoms with Crippen molar-refractivity contribution < 1.29 is 0 Å². The Kier molecular flexibility index (Phi) is 3.68. The first-order valence-corrected chi connectivity index (χ1v) is 7.79. The van der Waals surface area contributed by atoms with Crippen LogP contribution in [-0.4, -0.2) is 19.3 Å². The van der Waals surface area contributed by atoms with Crippen LogP contribution in [0.15, 0.2) is 24.3 Å². The minimum Gasteiger partial charge on any atom is -0.328 e. The molecule has 2 heterocycles. The molecule has 3 aromatic rings. The standard InChI is InChI=1S/C16H20N4S/c1-4-12-8-6-7-9-13(12)10-19-15-14(17-16(19)21)11(3)18-20(15)5-2/h6-9H,4-5,10H2,1-3H3,(H,17,21). The molecular formula is C16H20N4S. The Morgan fingerprint density at radius 3 is 2.57 bits per heavy atom. The maximum absolute atomic E-state index is 5.52. The van der Waals surface area contributed by atoms with E-state index in [1.807, 2.05) is 11.6 Å². The van der Waals surface area contributed by atoms with Gasteiger partial charge in [-0.2, -0.15) is 5.10 Å². The number of aromatic nitrogens is 4. The predicted octanol–water partition coefficient (Wildman–Crippen LogP) is 3.83. The van der Waals surface area contributed by atoms with E-state index in [-0.39, 0.29) is 0 Å². The second kappa shape index (κ2) is 5.48. The summed E-state index contributed by atoms with van der Waals surface area (Å²) in [7, 11) is 0. The Morgan fingerprint density at radius 1 is 1.19 bits per heavy atom. The van der Waals surface area contributed by atoms with Gasteiger partial charge < -0.3 is 4.98 Å². The normalized spacial score (nSPS) is 11.4. The number of nitrogens with one attached hydrogen (secondary N) is 1. The van der Waals surface area contributed by atoms with Crippen molar-refractivity contribution in [3.05, 3.63) is 45.9 Å². The van der Waals surface area contributed by atoms with Gasteiger partial charge in [0, 0.05) is 6.54 Å². The van der Waals surface area contributed by atoms with Crippen molar-refractivity contribution in [1.82, 2.24) is 19.3 Å². The molecular weight excluding hydrogens is 280 g/mol. The zero-order valence-electron chi connectivity index (χ0n) is 12.7. The molecule has 0 aliphatic carbocycles. The maximum atomic E-state index is 5.52. The molecule has 1 aromatic carbocycles. The highest BCUT2D eigenvalue weighted by Crippen LogP contribution is 2.20. The van der Waals surface area contributed by atoms with Crippen LogP contribution in [0.3, 0.4) is 0 Å². The van der Waals surface area contributed by atoms with E-state index in [0.717, 1.165) is 41.1 Å². The molecule has 3 rings (SSSR count). The van der Waals surface area contributed by atoms with Crippen LogP contribution in [0.1, 0.15) is 30.7 Å². The number of aryl methyl sites for hydroxylation is 3. The third-order valence-electron chi connectivity index (χ3n) is 3.96. The number of hydrogen-bond acceptors (Lipinski definition) is 2. The number of rotatable bonds is 4. The van der Waals surface area contributed by atoms with E-state index in [4.69, 9.17) is 12.2 Å². The lowest BCUT2D eigenvalue weighted by Gasteiger charge is -2.10. The minimum absolute atomic E-state index is 0.763. The molecule has 0 unspecified atom stereocenters. The molecule has 5 heteroatoms. The average Bonchev–Trinajstić information content (AvgIpc) is 2.98. The number of fused-ring (bicyclic) bond motifs is 1. The van der Waals surface area contributed by atoms with Gasteiger partial charge >= 0.3 is 0 Å². The fraction of sp³-hybridized carbons (Fsp3) is 0.375. The highest BCUT2D eigenvalue weighted by Gasteiger charge is 2.14. The van der Waals surface area contributed by atoms with Gasteiger partial charge in [0.1, 0.15) is 5.52 Å². The van der Waals surface area contributed by atoms with Crippen molar-refractivity contribution in [2.24, 2.45) is 0 Å². The van der Waals surface area contributed by atoms with Crippen LogP contribution in [0.25, 0.3) is 11.2 Å². The molecule has 0 amide bonds. The summed E-state index contributed by atoms with van der Waals surface area (Å²) in [6, 6.07) is 8.54. The Morgan fingerprint density at radius 2 is 1.90 bits per heavy atom. The minimum atomic E-state index is 0.763. The van der Waals surface area contributed by atoms with Gasteiger partial charge in [0.15, 0.2) is 10.4 Å². The van der Waals surface area contributed by atoms with Crippen molar-refractivity contribution in [3.63, 3.8) is 0 Å². The largest absolute Gasteiger partial charge is 0.328 e. The molecule has 0 bridgehead atoms. The predicted molar refractivity (Wildman–Crippen MR) is 88.2 cm³/mol. The smallest absolute Gasteiger partial charge is 0.179 e. The van der Waals surface area contributed by atoms with Crippen molar-refractivity contribution >= 4 is 23.4 Å². The Labute approximate surface area is 129 Å². The molecule has 0 saturated carbocycles. The number of hydrogen-bond donors (Lipinski definition) is 1. The molecule has 0 spiro atoms. The Bertz CT molecular complexity index is 838. The summed E-state index contributed by atoms with van der Waals surface area (Å²) in [6.07, 6.45) is 1.03. The molecule has 0 fully saturated rings. The van der Waals surface area contributed by atoms with E-state index >= 15 is 0 Å². The average molecular weight is 300 g/mol. The number of imidazole rings is 1. The van der Waals surface area contributed by atoms with Gasteiger partial charge in [-0.3, -0.25) is 4.57 Å². The third kappa shape index (κ3) is 2.31. The third-order valence-corrected chi connectivity index (χ3v) is 4.28. The summed E-state index contributed by atoms with van der Waals surface area (Å²) < 4.78 is 4.94. The highest BCUT2D eigenvalue weighted by atomic mass is 32.1. The van der Waals surface area contributed by atoms with E-state index in [0.29, 0.717) is 0 Å². The molecule has 0 aliphatic heterocycles. The van der Waals surface area contributed by atoms with E-state index in [1.165, 1.54) is 11.1 Å². The fourth-order valence-electron chi connectivity index (χ4n) is 2.85. The first-order valence-electron chi connectivity index (χ1n) is 7.38. The Balaban J connectivity index is 2.16. The van der Waals surface area contributed by atoms with Crippen LogP contribution < -0.4 is 0 Å². The van der Waals surface area contributed by atoms with Crippen molar-refractivity contribution in [2.75, 3.05) is 0 Å². The molecule has 110 valence electrons. The second-order valence-electron chi connectivity index (χ2n) is 5.24. The lowest BCUT2D eigenvalue weighted by atomic mass is 10.1. The zero-order chi connectivity index (χ0) is 15.0. The summed E-state index contributed by atoms with van der Waals surface area (Å²) >= 11 is 5.52. The van der Waals surface area contributed by atoms with Gasteiger partial charge in [-0.15, -0.1) is 0 Å². The summed E-state index contributed by atoms with van der Waals surface area (Å²) in [5.74, 6) is 0. The fourth-order valence-corrected chi connectivity index (χ4v) is 3.11. The lowest BCUT2D eigenvalue weighted by molar-refractivity contribution is 0.642. The number of aromatic amines is 1. The van der Waals surface area contributed by atoms with Crippen molar-refractivity contribution in [1.29, 1.82) is 0 Å². The summed E-state index contributed by atoms with van der Waals surface area (Å²) in [4.78, 5) is 3.30. The number of benzene rings is 1. The molecule has 0 atom stereocenters. The number of H-pyrrole nitrogens is 1. The molecule has 0 radical (unpaired) electrons. The van der Waals surface area contributed by atoms with Gasteiger partial charge in [0.2, 0.25) is 0 Å². The van der Waals surface area contributed by atoms with Gasteiger partial charge in [0.25, 0.3) is 0 Å². The first-order chi connectivity index (χ1) is 10.2. The molecule has 21 heavy (non-hydrogen) atoms. The van der Waals surface area contributed by atoms with Gasteiger partial charge in [-0.1, -0.05) is 31.2 Å². The maximum Gasteiger partial charge on any atom is 0.179 e. The summed E-state index contributed by atoms with van der Waals surface area (Å²) in [6.45, 7) is 7.93. The van der Waals surface area contributed by atoms with Gasteiger partial charge in [-0.25, -0.2) is 4.68 Å². The van der Waals surface area contributed by atoms with Crippen molar-refractivity contribution in [2.45, 2.75) is 40.3 Å². The van der Waals surface area contributed by atoms with E-state index in [2.05, 4.69) is 52.8 Å². The van der Waals surface area contributed by atoms with Crippen LogP contribution in [0.2, 0.25) is 0 Å². The Hall–Kier alpha value is -1.88. The van der Waals surface area contributed by atoms with Crippen LogP contribution in [0.5, 0.6) is 0 Å². The molecule has 0 aliphatic rings. The lowest BCUT2D eigenvalue weighted by Crippen LogP contribution is -2.07. The molecule has 4 nitrogen and oxygen atoms in total. The van der Waals surface area contributed by atoms with Crippen LogP contribution in [-0.2, 0) is 19.5 Å². The number of nitrogens with zero attached hydrogens (tertiary/aromatic N) is 3. The van der Waals surface area contributed by atoms with Gasteiger partial charge in [0.05, 0.1) is 12.2 Å². The zero-order valence-corrected chi connectivity index (χ0v) is 13.5. The van der Waals surface area contributed by atoms with Gasteiger partial charge in [-0.05, 0) is 43.6 Å². The first kappa shape index (κ1) is 14.1. The monoisotopic (exact) mass is 300 g/mol. The highest BCUT2D eigenvalue weighted by molar-refractivity contribution is 7.71. The van der Waals surface area contributed by atoms with E-state index < -0.39 is 0 Å². The second-order valence-corrected chi connectivity index (χ2v) is 5.63. The van der Waals surface area contributed by atoms with Crippen LogP contribution in [0.4, 0.5) is 0 Å². The molecule has 0 saturated heterocycles. The van der Waals surface area contributed by atoms with Crippen LogP contribution >= 0.6 is 12.2 Å². The van der Waals surface area contributed by atoms with E-state index in [1.54, 1.807) is 0 Å². The quantitative estimate of drug-likeness (QED) is 0.744. The topological polar surface area (TPSA) is 38.5 Å². The summed E-state index contributed by atoms with van der Waals surface area (Å²) in [5, 5.41) is 4.57. The summed E-state index contributed by atoms with van der Waals surface area (Å²) in [5.41, 5.74) is 5.83. The molecule has 2 aromatic heterocycles. The van der Waals surface area contributed by atoms with Crippen LogP contribution in [0, 0.1) is 11.7 Å². The molecule has 1 N–H and O–H groups in total. The van der Waals surface area contributed by atoms with Crippen molar-refractivity contribution in [3.8, 4) is 0 Å². The SMILES string of the molecule is CCc1ccccc1Cn1c(=S)[nH]c2c(C)nn(CC)c21. The van der Waals surface area contributed by atoms with E-state index in [9.17, 15) is 0 Å².